The van der Waals surface area contributed by atoms with Gasteiger partial charge in [0.25, 0.3) is 0 Å². The van der Waals surface area contributed by atoms with Gasteiger partial charge in [-0.1, -0.05) is 18.9 Å². The lowest BCUT2D eigenvalue weighted by atomic mass is 9.95. The standard InChI is InChI=1S/C16H22FN/c1-10-9-11(17)7-8-12(10)16(18-2)15-13-5-3-4-6-14(13)15/h7-9,13-16,18H,3-6H2,1-2H3. The van der Waals surface area contributed by atoms with E-state index in [1.807, 2.05) is 20.0 Å². The average molecular weight is 247 g/mol. The first-order valence-corrected chi connectivity index (χ1v) is 7.15. The van der Waals surface area contributed by atoms with E-state index in [0.29, 0.717) is 6.04 Å². The molecule has 2 aliphatic carbocycles. The highest BCUT2D eigenvalue weighted by molar-refractivity contribution is 5.32. The highest BCUT2D eigenvalue weighted by Crippen LogP contribution is 2.60. The topological polar surface area (TPSA) is 12.0 Å². The van der Waals surface area contributed by atoms with Gasteiger partial charge in [-0.25, -0.2) is 4.39 Å². The predicted octanol–water partition coefficient (Wildman–Crippen LogP) is 3.83. The third-order valence-corrected chi connectivity index (χ3v) is 4.99. The van der Waals surface area contributed by atoms with E-state index < -0.39 is 0 Å². The Balaban J connectivity index is 1.84. The van der Waals surface area contributed by atoms with Crippen LogP contribution in [0.5, 0.6) is 0 Å². The molecule has 0 saturated heterocycles. The number of aryl methyl sites for hydroxylation is 1. The number of hydrogen-bond acceptors (Lipinski definition) is 1. The van der Waals surface area contributed by atoms with Crippen molar-refractivity contribution in [3.05, 3.63) is 35.1 Å². The van der Waals surface area contributed by atoms with Crippen molar-refractivity contribution in [1.82, 2.24) is 5.32 Å². The maximum Gasteiger partial charge on any atom is 0.123 e. The minimum absolute atomic E-state index is 0.126. The van der Waals surface area contributed by atoms with Gasteiger partial charge in [-0.05, 0) is 67.8 Å². The lowest BCUT2D eigenvalue weighted by molar-refractivity contribution is 0.479. The van der Waals surface area contributed by atoms with E-state index in [1.165, 1.54) is 31.2 Å². The summed E-state index contributed by atoms with van der Waals surface area (Å²) in [6, 6.07) is 5.64. The molecule has 0 radical (unpaired) electrons. The molecule has 1 aromatic carbocycles. The van der Waals surface area contributed by atoms with Gasteiger partial charge in [0.05, 0.1) is 0 Å². The van der Waals surface area contributed by atoms with Crippen molar-refractivity contribution in [2.75, 3.05) is 7.05 Å². The number of hydrogen-bond donors (Lipinski definition) is 1. The van der Waals surface area contributed by atoms with E-state index in [2.05, 4.69) is 5.32 Å². The molecular formula is C16H22FN. The van der Waals surface area contributed by atoms with Crippen molar-refractivity contribution in [1.29, 1.82) is 0 Å². The van der Waals surface area contributed by atoms with Gasteiger partial charge in [-0.3, -0.25) is 0 Å². The van der Waals surface area contributed by atoms with E-state index in [0.717, 1.165) is 23.3 Å². The Hall–Kier alpha value is -0.890. The Labute approximate surface area is 109 Å². The van der Waals surface area contributed by atoms with Gasteiger partial charge >= 0.3 is 0 Å². The van der Waals surface area contributed by atoms with Crippen LogP contribution < -0.4 is 5.32 Å². The lowest BCUT2D eigenvalue weighted by Crippen LogP contribution is -2.20. The number of rotatable bonds is 3. The van der Waals surface area contributed by atoms with Crippen LogP contribution in [-0.4, -0.2) is 7.05 Å². The second kappa shape index (κ2) is 4.65. The molecule has 2 fully saturated rings. The van der Waals surface area contributed by atoms with Gasteiger partial charge in [0.1, 0.15) is 5.82 Å². The van der Waals surface area contributed by atoms with E-state index in [1.54, 1.807) is 12.1 Å². The first kappa shape index (κ1) is 12.2. The summed E-state index contributed by atoms with van der Waals surface area (Å²) < 4.78 is 13.2. The van der Waals surface area contributed by atoms with Crippen molar-refractivity contribution in [3.63, 3.8) is 0 Å². The van der Waals surface area contributed by atoms with Crippen LogP contribution in [-0.2, 0) is 0 Å². The van der Waals surface area contributed by atoms with Gasteiger partial charge in [0, 0.05) is 6.04 Å². The van der Waals surface area contributed by atoms with Crippen molar-refractivity contribution >= 4 is 0 Å². The molecule has 1 N–H and O–H groups in total. The number of halogens is 1. The Bertz CT molecular complexity index is 431. The number of fused-ring (bicyclic) bond motifs is 1. The molecule has 3 unspecified atom stereocenters. The van der Waals surface area contributed by atoms with E-state index in [4.69, 9.17) is 0 Å². The van der Waals surface area contributed by atoms with Crippen molar-refractivity contribution in [2.24, 2.45) is 17.8 Å². The number of nitrogens with one attached hydrogen (secondary N) is 1. The monoisotopic (exact) mass is 247 g/mol. The highest BCUT2D eigenvalue weighted by atomic mass is 19.1. The first-order chi connectivity index (χ1) is 8.72. The van der Waals surface area contributed by atoms with Crippen molar-refractivity contribution in [3.8, 4) is 0 Å². The second-order valence-corrected chi connectivity index (χ2v) is 5.96. The summed E-state index contributed by atoms with van der Waals surface area (Å²) in [7, 11) is 2.04. The van der Waals surface area contributed by atoms with Gasteiger partial charge < -0.3 is 5.32 Å². The minimum atomic E-state index is -0.126. The number of benzene rings is 1. The molecule has 0 amide bonds. The fourth-order valence-electron chi connectivity index (χ4n) is 4.09. The maximum absolute atomic E-state index is 13.2. The quantitative estimate of drug-likeness (QED) is 0.856. The Morgan fingerprint density at radius 1 is 1.22 bits per heavy atom. The van der Waals surface area contributed by atoms with Gasteiger partial charge in [-0.2, -0.15) is 0 Å². The Morgan fingerprint density at radius 3 is 2.44 bits per heavy atom. The zero-order valence-corrected chi connectivity index (χ0v) is 11.2. The molecule has 2 heteroatoms. The first-order valence-electron chi connectivity index (χ1n) is 7.15. The largest absolute Gasteiger partial charge is 0.313 e. The second-order valence-electron chi connectivity index (χ2n) is 5.96. The summed E-state index contributed by atoms with van der Waals surface area (Å²) in [5.74, 6) is 2.49. The average Bonchev–Trinajstić information content (AvgIpc) is 3.07. The molecule has 18 heavy (non-hydrogen) atoms. The molecule has 2 saturated carbocycles. The van der Waals surface area contributed by atoms with Crippen LogP contribution in [0, 0.1) is 30.5 Å². The van der Waals surface area contributed by atoms with Crippen molar-refractivity contribution < 1.29 is 4.39 Å². The molecule has 0 heterocycles. The summed E-state index contributed by atoms with van der Waals surface area (Å²) in [5.41, 5.74) is 2.37. The van der Waals surface area contributed by atoms with E-state index in [-0.39, 0.29) is 5.82 Å². The van der Waals surface area contributed by atoms with Crippen LogP contribution in [0.15, 0.2) is 18.2 Å². The normalized spacial score (nSPS) is 31.8. The van der Waals surface area contributed by atoms with Gasteiger partial charge in [-0.15, -0.1) is 0 Å². The molecule has 0 bridgehead atoms. The van der Waals surface area contributed by atoms with Crippen LogP contribution in [0.25, 0.3) is 0 Å². The van der Waals surface area contributed by atoms with E-state index >= 15 is 0 Å². The Morgan fingerprint density at radius 2 is 1.89 bits per heavy atom. The fourth-order valence-corrected chi connectivity index (χ4v) is 4.09. The highest BCUT2D eigenvalue weighted by Gasteiger charge is 2.54. The zero-order valence-electron chi connectivity index (χ0n) is 11.2. The van der Waals surface area contributed by atoms with E-state index in [9.17, 15) is 4.39 Å². The third-order valence-electron chi connectivity index (χ3n) is 4.99. The summed E-state index contributed by atoms with van der Waals surface area (Å²) >= 11 is 0. The molecule has 98 valence electrons. The smallest absolute Gasteiger partial charge is 0.123 e. The summed E-state index contributed by atoms with van der Waals surface area (Å²) in [5, 5.41) is 3.47. The molecule has 0 spiro atoms. The van der Waals surface area contributed by atoms with Crippen LogP contribution in [0.3, 0.4) is 0 Å². The summed E-state index contributed by atoms with van der Waals surface area (Å²) in [6.07, 6.45) is 5.59. The molecule has 3 atom stereocenters. The lowest BCUT2D eigenvalue weighted by Gasteiger charge is -2.19. The third kappa shape index (κ3) is 1.97. The molecular weight excluding hydrogens is 225 g/mol. The molecule has 0 aromatic heterocycles. The zero-order chi connectivity index (χ0) is 12.7. The van der Waals surface area contributed by atoms with Crippen LogP contribution in [0.4, 0.5) is 4.39 Å². The molecule has 2 aliphatic rings. The minimum Gasteiger partial charge on any atom is -0.313 e. The van der Waals surface area contributed by atoms with Crippen molar-refractivity contribution in [2.45, 2.75) is 38.6 Å². The summed E-state index contributed by atoms with van der Waals surface area (Å²) in [6.45, 7) is 2.02. The molecule has 1 aromatic rings. The molecule has 3 rings (SSSR count). The van der Waals surface area contributed by atoms with Crippen LogP contribution in [0.1, 0.15) is 42.9 Å². The predicted molar refractivity (Wildman–Crippen MR) is 71.9 cm³/mol. The SMILES string of the molecule is CNC(c1ccc(F)cc1C)C1C2CCCCC21. The summed E-state index contributed by atoms with van der Waals surface area (Å²) in [4.78, 5) is 0. The van der Waals surface area contributed by atoms with Gasteiger partial charge in [0.15, 0.2) is 0 Å². The fraction of sp³-hybridized carbons (Fsp3) is 0.625. The molecule has 1 nitrogen and oxygen atoms in total. The van der Waals surface area contributed by atoms with Crippen LogP contribution >= 0.6 is 0 Å². The Kier molecular flexibility index (Phi) is 3.14. The van der Waals surface area contributed by atoms with Crippen LogP contribution in [0.2, 0.25) is 0 Å². The molecule has 0 aliphatic heterocycles. The van der Waals surface area contributed by atoms with Gasteiger partial charge in [0.2, 0.25) is 0 Å². The maximum atomic E-state index is 13.2.